The maximum Gasteiger partial charge on any atom is 0.289 e. The molecule has 5 heteroatoms. The molecule has 1 aromatic heterocycles. The lowest BCUT2D eigenvalue weighted by atomic mass is 9.95. The number of amides is 1. The molecule has 2 atom stereocenters. The van der Waals surface area contributed by atoms with Gasteiger partial charge in [0, 0.05) is 30.6 Å². The molecule has 0 spiro atoms. The number of nitrogens with two attached hydrogens (primary N) is 1. The Labute approximate surface area is 130 Å². The summed E-state index contributed by atoms with van der Waals surface area (Å²) in [5, 5.41) is 0. The van der Waals surface area contributed by atoms with E-state index in [2.05, 4.69) is 12.1 Å². The summed E-state index contributed by atoms with van der Waals surface area (Å²) in [7, 11) is 0. The van der Waals surface area contributed by atoms with Gasteiger partial charge < -0.3 is 15.1 Å². The van der Waals surface area contributed by atoms with Gasteiger partial charge in [-0.3, -0.25) is 4.79 Å². The van der Waals surface area contributed by atoms with Crippen LogP contribution >= 0.6 is 12.4 Å². The Balaban J connectivity index is 0.00000161. The molecule has 1 aromatic carbocycles. The topological polar surface area (TPSA) is 59.5 Å². The number of hydrogen-bond donors (Lipinski definition) is 1. The van der Waals surface area contributed by atoms with Crippen LogP contribution in [0.15, 0.2) is 47.1 Å². The lowest BCUT2D eigenvalue weighted by Crippen LogP contribution is -2.32. The predicted octanol–water partition coefficient (Wildman–Crippen LogP) is 2.58. The number of carbonyl (C=O) groups excluding carboxylic acids is 1. The van der Waals surface area contributed by atoms with E-state index in [4.69, 9.17) is 10.2 Å². The molecule has 112 valence electrons. The number of nitrogens with zero attached hydrogens (tertiary/aromatic N) is 1. The van der Waals surface area contributed by atoms with Gasteiger partial charge in [-0.25, -0.2) is 0 Å². The van der Waals surface area contributed by atoms with E-state index >= 15 is 0 Å². The first kappa shape index (κ1) is 15.6. The molecule has 2 N–H and O–H groups in total. The van der Waals surface area contributed by atoms with Crippen molar-refractivity contribution in [3.05, 3.63) is 59.5 Å². The number of likely N-dealkylation sites (tertiary alicyclic amines) is 1. The van der Waals surface area contributed by atoms with Crippen LogP contribution in [0.2, 0.25) is 0 Å². The number of carbonyl (C=O) groups is 1. The Kier molecular flexibility index (Phi) is 4.70. The second-order valence-electron chi connectivity index (χ2n) is 5.32. The summed E-state index contributed by atoms with van der Waals surface area (Å²) in [5.74, 6) is 0.544. The maximum atomic E-state index is 12.4. The standard InChI is InChI=1S/C16H18N2O2.ClH/c1-11-7-8-20-15(11)16(19)18-9-13(14(17)10-18)12-5-3-2-4-6-12;/h2-8,13-14H,9-10,17H2,1H3;1H/t13-,14+;/m0./s1. The minimum absolute atomic E-state index is 0. The van der Waals surface area contributed by atoms with Gasteiger partial charge in [0.15, 0.2) is 5.76 Å². The van der Waals surface area contributed by atoms with Gasteiger partial charge in [0.1, 0.15) is 0 Å². The number of aryl methyl sites for hydroxylation is 1. The van der Waals surface area contributed by atoms with Crippen LogP contribution in [0.4, 0.5) is 0 Å². The van der Waals surface area contributed by atoms with E-state index in [1.165, 1.54) is 5.56 Å². The SMILES string of the molecule is Cc1ccoc1C(=O)N1C[C@@H](N)[C@H](c2ccccc2)C1.Cl. The van der Waals surface area contributed by atoms with Crippen molar-refractivity contribution in [2.75, 3.05) is 13.1 Å². The molecule has 2 heterocycles. The number of benzene rings is 1. The molecule has 1 saturated heterocycles. The minimum atomic E-state index is -0.0682. The lowest BCUT2D eigenvalue weighted by Gasteiger charge is -2.15. The van der Waals surface area contributed by atoms with Gasteiger partial charge in [0.2, 0.25) is 0 Å². The zero-order valence-corrected chi connectivity index (χ0v) is 12.7. The van der Waals surface area contributed by atoms with Crippen LogP contribution in [-0.2, 0) is 0 Å². The van der Waals surface area contributed by atoms with Gasteiger partial charge in [-0.1, -0.05) is 30.3 Å². The molecule has 1 fully saturated rings. The van der Waals surface area contributed by atoms with E-state index in [1.54, 1.807) is 17.2 Å². The largest absolute Gasteiger partial charge is 0.459 e. The fourth-order valence-electron chi connectivity index (χ4n) is 2.78. The molecule has 0 unspecified atom stereocenters. The average molecular weight is 307 g/mol. The van der Waals surface area contributed by atoms with E-state index in [0.29, 0.717) is 18.8 Å². The van der Waals surface area contributed by atoms with Crippen molar-refractivity contribution < 1.29 is 9.21 Å². The second kappa shape index (κ2) is 6.33. The highest BCUT2D eigenvalue weighted by atomic mass is 35.5. The summed E-state index contributed by atoms with van der Waals surface area (Å²) in [5.41, 5.74) is 8.26. The molecule has 1 aliphatic heterocycles. The van der Waals surface area contributed by atoms with E-state index < -0.39 is 0 Å². The molecule has 0 bridgehead atoms. The van der Waals surface area contributed by atoms with E-state index in [1.807, 2.05) is 25.1 Å². The normalized spacial score (nSPS) is 21.1. The molecule has 1 aliphatic rings. The zero-order valence-electron chi connectivity index (χ0n) is 11.9. The van der Waals surface area contributed by atoms with Crippen LogP contribution in [0.1, 0.15) is 27.6 Å². The van der Waals surface area contributed by atoms with Gasteiger partial charge in [0.05, 0.1) is 6.26 Å². The van der Waals surface area contributed by atoms with Crippen molar-refractivity contribution in [2.45, 2.75) is 18.9 Å². The summed E-state index contributed by atoms with van der Waals surface area (Å²) >= 11 is 0. The van der Waals surface area contributed by atoms with Crippen molar-refractivity contribution in [3.8, 4) is 0 Å². The van der Waals surface area contributed by atoms with Crippen LogP contribution in [-0.4, -0.2) is 29.9 Å². The number of hydrogen-bond acceptors (Lipinski definition) is 3. The van der Waals surface area contributed by atoms with Crippen molar-refractivity contribution >= 4 is 18.3 Å². The summed E-state index contributed by atoms with van der Waals surface area (Å²) in [4.78, 5) is 14.2. The number of halogens is 1. The quantitative estimate of drug-likeness (QED) is 0.927. The first-order chi connectivity index (χ1) is 9.66. The monoisotopic (exact) mass is 306 g/mol. The molecule has 0 aliphatic carbocycles. The summed E-state index contributed by atoms with van der Waals surface area (Å²) in [6.07, 6.45) is 1.55. The third-order valence-corrected chi connectivity index (χ3v) is 3.94. The predicted molar refractivity (Wildman–Crippen MR) is 83.8 cm³/mol. The third-order valence-electron chi connectivity index (χ3n) is 3.94. The zero-order chi connectivity index (χ0) is 14.1. The van der Waals surface area contributed by atoms with Crippen LogP contribution in [0.3, 0.4) is 0 Å². The smallest absolute Gasteiger partial charge is 0.289 e. The van der Waals surface area contributed by atoms with Crippen LogP contribution in [0.5, 0.6) is 0 Å². The Morgan fingerprint density at radius 1 is 1.24 bits per heavy atom. The van der Waals surface area contributed by atoms with Crippen molar-refractivity contribution in [1.29, 1.82) is 0 Å². The van der Waals surface area contributed by atoms with E-state index in [-0.39, 0.29) is 30.3 Å². The molecule has 0 saturated carbocycles. The summed E-state index contributed by atoms with van der Waals surface area (Å²) < 4.78 is 5.28. The Morgan fingerprint density at radius 2 is 1.95 bits per heavy atom. The molecule has 3 rings (SSSR count). The summed E-state index contributed by atoms with van der Waals surface area (Å²) in [6, 6.07) is 11.9. The highest BCUT2D eigenvalue weighted by molar-refractivity contribution is 5.93. The van der Waals surface area contributed by atoms with Crippen LogP contribution in [0, 0.1) is 6.92 Å². The van der Waals surface area contributed by atoms with Gasteiger partial charge in [0.25, 0.3) is 5.91 Å². The van der Waals surface area contributed by atoms with Crippen LogP contribution in [0.25, 0.3) is 0 Å². The molecule has 4 nitrogen and oxygen atoms in total. The first-order valence-corrected chi connectivity index (χ1v) is 6.80. The van der Waals surface area contributed by atoms with Gasteiger partial charge in [-0.2, -0.15) is 0 Å². The second-order valence-corrected chi connectivity index (χ2v) is 5.32. The average Bonchev–Trinajstić information content (AvgIpc) is 3.05. The van der Waals surface area contributed by atoms with Crippen molar-refractivity contribution in [1.82, 2.24) is 4.90 Å². The Morgan fingerprint density at radius 3 is 2.57 bits per heavy atom. The summed E-state index contributed by atoms with van der Waals surface area (Å²) in [6.45, 7) is 3.09. The number of furan rings is 1. The van der Waals surface area contributed by atoms with Gasteiger partial charge in [-0.05, 0) is 18.6 Å². The van der Waals surface area contributed by atoms with E-state index in [0.717, 1.165) is 5.56 Å². The molecular weight excluding hydrogens is 288 g/mol. The molecular formula is C16H19ClN2O2. The Hall–Kier alpha value is -1.78. The van der Waals surface area contributed by atoms with Gasteiger partial charge in [-0.15, -0.1) is 12.4 Å². The Bertz CT molecular complexity index is 612. The molecule has 2 aromatic rings. The maximum absolute atomic E-state index is 12.4. The lowest BCUT2D eigenvalue weighted by molar-refractivity contribution is 0.0756. The fourth-order valence-corrected chi connectivity index (χ4v) is 2.78. The first-order valence-electron chi connectivity index (χ1n) is 6.80. The molecule has 0 radical (unpaired) electrons. The highest BCUT2D eigenvalue weighted by Crippen LogP contribution is 2.27. The van der Waals surface area contributed by atoms with Crippen LogP contribution < -0.4 is 5.73 Å². The van der Waals surface area contributed by atoms with Gasteiger partial charge >= 0.3 is 0 Å². The van der Waals surface area contributed by atoms with Crippen molar-refractivity contribution in [2.24, 2.45) is 5.73 Å². The minimum Gasteiger partial charge on any atom is -0.459 e. The molecule has 1 amide bonds. The van der Waals surface area contributed by atoms with Crippen molar-refractivity contribution in [3.63, 3.8) is 0 Å². The third kappa shape index (κ3) is 2.96. The highest BCUT2D eigenvalue weighted by Gasteiger charge is 2.35. The fraction of sp³-hybridized carbons (Fsp3) is 0.312. The van der Waals surface area contributed by atoms with E-state index in [9.17, 15) is 4.79 Å². The number of rotatable bonds is 2. The molecule has 21 heavy (non-hydrogen) atoms.